The highest BCUT2D eigenvalue weighted by molar-refractivity contribution is 5.98. The summed E-state index contributed by atoms with van der Waals surface area (Å²) in [5.41, 5.74) is 1.41. The van der Waals surface area contributed by atoms with Crippen molar-refractivity contribution in [2.45, 2.75) is 13.3 Å². The molecule has 0 unspecified atom stereocenters. The van der Waals surface area contributed by atoms with Crippen LogP contribution >= 0.6 is 0 Å². The van der Waals surface area contributed by atoms with Crippen LogP contribution in [0.15, 0.2) is 42.7 Å². The fourth-order valence-corrected chi connectivity index (χ4v) is 1.75. The number of phenolic OH excluding ortho intramolecular Hbond substituents is 1. The number of Topliss-reactive ketones (excluding diaryl/α,β-unsaturated/α-hetero) is 2. The second-order valence-corrected chi connectivity index (χ2v) is 4.24. The number of carbonyl (C=O) groups is 2. The first-order valence-corrected chi connectivity index (χ1v) is 5.84. The molecule has 0 aliphatic rings. The molecule has 0 bridgehead atoms. The molecule has 0 atom stereocenters. The van der Waals surface area contributed by atoms with Crippen LogP contribution in [0.1, 0.15) is 33.2 Å². The molecule has 1 aromatic heterocycles. The lowest BCUT2D eigenvalue weighted by Crippen LogP contribution is -2.05. The van der Waals surface area contributed by atoms with E-state index in [4.69, 9.17) is 0 Å². The molecule has 0 spiro atoms. The maximum Gasteiger partial charge on any atom is 0.168 e. The normalized spacial score (nSPS) is 10.2. The monoisotopic (exact) mass is 255 g/mol. The summed E-state index contributed by atoms with van der Waals surface area (Å²) in [6.07, 6.45) is 3.11. The minimum absolute atomic E-state index is 0.0160. The second kappa shape index (κ2) is 5.44. The fraction of sp³-hybridized carbons (Fsp3) is 0.133. The average molecular weight is 255 g/mol. The van der Waals surface area contributed by atoms with Gasteiger partial charge in [0.25, 0.3) is 0 Å². The molecule has 0 fully saturated rings. The number of hydrogen-bond acceptors (Lipinski definition) is 4. The highest BCUT2D eigenvalue weighted by Crippen LogP contribution is 2.20. The van der Waals surface area contributed by atoms with Crippen LogP contribution in [0.2, 0.25) is 0 Å². The zero-order chi connectivity index (χ0) is 13.8. The van der Waals surface area contributed by atoms with Crippen LogP contribution < -0.4 is 0 Å². The van der Waals surface area contributed by atoms with Gasteiger partial charge in [-0.3, -0.25) is 14.6 Å². The third kappa shape index (κ3) is 3.04. The quantitative estimate of drug-likeness (QED) is 0.852. The van der Waals surface area contributed by atoms with E-state index in [1.54, 1.807) is 24.4 Å². The Morgan fingerprint density at radius 2 is 2.00 bits per heavy atom. The van der Waals surface area contributed by atoms with Gasteiger partial charge in [-0.15, -0.1) is 0 Å². The van der Waals surface area contributed by atoms with Gasteiger partial charge >= 0.3 is 0 Å². The maximum absolute atomic E-state index is 12.0. The zero-order valence-electron chi connectivity index (χ0n) is 10.5. The fourth-order valence-electron chi connectivity index (χ4n) is 1.75. The Morgan fingerprint density at radius 1 is 1.21 bits per heavy atom. The SMILES string of the molecule is CC(=O)c1ccc(O)c(CC(=O)c2cccnc2)c1. The molecule has 4 nitrogen and oxygen atoms in total. The topological polar surface area (TPSA) is 67.3 Å². The van der Waals surface area contributed by atoms with Gasteiger partial charge in [0, 0.05) is 35.5 Å². The molecule has 2 rings (SSSR count). The number of rotatable bonds is 4. The Bertz CT molecular complexity index is 621. The molecule has 0 aliphatic heterocycles. The number of aromatic nitrogens is 1. The van der Waals surface area contributed by atoms with E-state index in [1.807, 2.05) is 0 Å². The van der Waals surface area contributed by atoms with Gasteiger partial charge in [0.2, 0.25) is 0 Å². The van der Waals surface area contributed by atoms with Gasteiger partial charge in [-0.1, -0.05) is 0 Å². The van der Waals surface area contributed by atoms with Crippen molar-refractivity contribution >= 4 is 11.6 Å². The molecular weight excluding hydrogens is 242 g/mol. The van der Waals surface area contributed by atoms with Crippen LogP contribution in [0.5, 0.6) is 5.75 Å². The van der Waals surface area contributed by atoms with E-state index in [0.717, 1.165) is 0 Å². The molecular formula is C15H13NO3. The lowest BCUT2D eigenvalue weighted by atomic mass is 10.0. The number of benzene rings is 1. The van der Waals surface area contributed by atoms with Gasteiger partial charge in [0.1, 0.15) is 5.75 Å². The summed E-state index contributed by atoms with van der Waals surface area (Å²) in [7, 11) is 0. The maximum atomic E-state index is 12.0. The molecule has 1 N–H and O–H groups in total. The predicted molar refractivity (Wildman–Crippen MR) is 70.4 cm³/mol. The lowest BCUT2D eigenvalue weighted by Gasteiger charge is -2.06. The number of ketones is 2. The Balaban J connectivity index is 2.26. The molecule has 0 amide bonds. The Hall–Kier alpha value is -2.49. The van der Waals surface area contributed by atoms with Gasteiger partial charge in [-0.2, -0.15) is 0 Å². The van der Waals surface area contributed by atoms with E-state index in [2.05, 4.69) is 4.98 Å². The third-order valence-electron chi connectivity index (χ3n) is 2.82. The Labute approximate surface area is 110 Å². The smallest absolute Gasteiger partial charge is 0.168 e. The van der Waals surface area contributed by atoms with Crippen molar-refractivity contribution in [2.75, 3.05) is 0 Å². The van der Waals surface area contributed by atoms with Crippen molar-refractivity contribution in [3.8, 4) is 5.75 Å². The van der Waals surface area contributed by atoms with Crippen LogP contribution in [-0.2, 0) is 6.42 Å². The van der Waals surface area contributed by atoms with Crippen LogP contribution in [0.4, 0.5) is 0 Å². The second-order valence-electron chi connectivity index (χ2n) is 4.24. The van der Waals surface area contributed by atoms with Crippen LogP contribution in [-0.4, -0.2) is 21.7 Å². The van der Waals surface area contributed by atoms with E-state index in [9.17, 15) is 14.7 Å². The van der Waals surface area contributed by atoms with Crippen molar-refractivity contribution in [3.63, 3.8) is 0 Å². The minimum Gasteiger partial charge on any atom is -0.508 e. The number of nitrogens with zero attached hydrogens (tertiary/aromatic N) is 1. The Kier molecular flexibility index (Phi) is 3.71. The van der Waals surface area contributed by atoms with Crippen LogP contribution in [0.25, 0.3) is 0 Å². The highest BCUT2D eigenvalue weighted by atomic mass is 16.3. The average Bonchev–Trinajstić information content (AvgIpc) is 2.42. The van der Waals surface area contributed by atoms with E-state index >= 15 is 0 Å². The number of aromatic hydroxyl groups is 1. The van der Waals surface area contributed by atoms with Gasteiger partial charge in [-0.05, 0) is 37.3 Å². The molecule has 96 valence electrons. The van der Waals surface area contributed by atoms with Gasteiger partial charge in [0.05, 0.1) is 0 Å². The number of phenols is 1. The van der Waals surface area contributed by atoms with Crippen molar-refractivity contribution in [1.82, 2.24) is 4.98 Å². The van der Waals surface area contributed by atoms with Gasteiger partial charge in [0.15, 0.2) is 11.6 Å². The molecule has 0 saturated carbocycles. The molecule has 2 aromatic rings. The number of hydrogen-bond donors (Lipinski definition) is 1. The number of pyridine rings is 1. The van der Waals surface area contributed by atoms with Crippen molar-refractivity contribution < 1.29 is 14.7 Å². The third-order valence-corrected chi connectivity index (χ3v) is 2.82. The first kappa shape index (κ1) is 13.0. The summed E-state index contributed by atoms with van der Waals surface area (Å²) >= 11 is 0. The molecule has 1 heterocycles. The molecule has 0 saturated heterocycles. The van der Waals surface area contributed by atoms with Crippen molar-refractivity contribution in [3.05, 3.63) is 59.4 Å². The molecule has 19 heavy (non-hydrogen) atoms. The van der Waals surface area contributed by atoms with Crippen molar-refractivity contribution in [2.24, 2.45) is 0 Å². The van der Waals surface area contributed by atoms with Gasteiger partial charge in [-0.25, -0.2) is 0 Å². The largest absolute Gasteiger partial charge is 0.508 e. The minimum atomic E-state index is -0.149. The molecule has 4 heteroatoms. The van der Waals surface area contributed by atoms with Gasteiger partial charge < -0.3 is 5.11 Å². The number of carbonyl (C=O) groups excluding carboxylic acids is 2. The first-order valence-electron chi connectivity index (χ1n) is 5.84. The van der Waals surface area contributed by atoms with Crippen LogP contribution in [0, 0.1) is 0 Å². The standard InChI is InChI=1S/C15H13NO3/c1-10(17)11-4-5-14(18)13(7-11)8-15(19)12-3-2-6-16-9-12/h2-7,9,18H,8H2,1H3. The lowest BCUT2D eigenvalue weighted by molar-refractivity contribution is 0.0986. The molecule has 0 radical (unpaired) electrons. The first-order chi connectivity index (χ1) is 9.08. The summed E-state index contributed by atoms with van der Waals surface area (Å²) in [5.74, 6) is -0.235. The summed E-state index contributed by atoms with van der Waals surface area (Å²) in [4.78, 5) is 27.2. The van der Waals surface area contributed by atoms with E-state index in [1.165, 1.54) is 25.3 Å². The molecule has 0 aliphatic carbocycles. The highest BCUT2D eigenvalue weighted by Gasteiger charge is 2.12. The summed E-state index contributed by atoms with van der Waals surface area (Å²) < 4.78 is 0. The Morgan fingerprint density at radius 3 is 2.63 bits per heavy atom. The van der Waals surface area contributed by atoms with Crippen molar-refractivity contribution in [1.29, 1.82) is 0 Å². The summed E-state index contributed by atoms with van der Waals surface area (Å²) in [5, 5.41) is 9.73. The van der Waals surface area contributed by atoms with E-state index in [0.29, 0.717) is 16.7 Å². The van der Waals surface area contributed by atoms with Crippen LogP contribution in [0.3, 0.4) is 0 Å². The predicted octanol–water partition coefficient (Wildman–Crippen LogP) is 2.42. The zero-order valence-corrected chi connectivity index (χ0v) is 10.5. The van der Waals surface area contributed by atoms with E-state index < -0.39 is 0 Å². The molecule has 1 aromatic carbocycles. The summed E-state index contributed by atoms with van der Waals surface area (Å²) in [6.45, 7) is 1.44. The summed E-state index contributed by atoms with van der Waals surface area (Å²) in [6, 6.07) is 7.87. The van der Waals surface area contributed by atoms with E-state index in [-0.39, 0.29) is 23.7 Å².